The van der Waals surface area contributed by atoms with Gasteiger partial charge in [0.25, 0.3) is 8.32 Å². The molecule has 0 aliphatic heterocycles. The van der Waals surface area contributed by atoms with E-state index in [9.17, 15) is 0 Å². The summed E-state index contributed by atoms with van der Waals surface area (Å²) in [5, 5.41) is 0. The molecular formula is C17H30OSi. The molecule has 108 valence electrons. The highest BCUT2D eigenvalue weighted by molar-refractivity contribution is 6.74. The van der Waals surface area contributed by atoms with Crippen LogP contribution in [0, 0.1) is 13.8 Å². The van der Waals surface area contributed by atoms with Crippen LogP contribution in [0.2, 0.25) is 18.1 Å². The summed E-state index contributed by atoms with van der Waals surface area (Å²) in [5.41, 5.74) is 2.58. The van der Waals surface area contributed by atoms with E-state index in [1.165, 1.54) is 54.3 Å². The fraction of sp³-hybridized carbons (Fsp3) is 0.647. The minimum Gasteiger partial charge on any atom is -0.543 e. The van der Waals surface area contributed by atoms with Crippen molar-refractivity contribution in [1.29, 1.82) is 0 Å². The van der Waals surface area contributed by atoms with Crippen LogP contribution in [-0.4, -0.2) is 8.32 Å². The maximum absolute atomic E-state index is 6.72. The first-order chi connectivity index (χ1) is 9.08. The minimum atomic E-state index is -1.60. The Hall–Kier alpha value is -0.763. The van der Waals surface area contributed by atoms with Crippen molar-refractivity contribution in [3.63, 3.8) is 0 Å². The molecule has 1 nitrogen and oxygen atoms in total. The third-order valence-electron chi connectivity index (χ3n) is 3.84. The molecule has 0 amide bonds. The highest BCUT2D eigenvalue weighted by atomic mass is 28.4. The zero-order chi connectivity index (χ0) is 14.3. The van der Waals surface area contributed by atoms with Gasteiger partial charge in [-0.1, -0.05) is 58.2 Å². The first-order valence-corrected chi connectivity index (χ1v) is 10.4. The quantitative estimate of drug-likeness (QED) is 0.541. The number of hydrogen-bond acceptors (Lipinski definition) is 1. The molecule has 0 spiro atoms. The highest BCUT2D eigenvalue weighted by Gasteiger charge is 2.34. The molecule has 0 fully saturated rings. The molecule has 0 N–H and O–H groups in total. The van der Waals surface area contributed by atoms with E-state index in [1.807, 2.05) is 0 Å². The van der Waals surface area contributed by atoms with Gasteiger partial charge in [0, 0.05) is 0 Å². The van der Waals surface area contributed by atoms with Gasteiger partial charge in [-0.3, -0.25) is 0 Å². The van der Waals surface area contributed by atoms with Crippen molar-refractivity contribution in [3.05, 3.63) is 29.3 Å². The number of benzene rings is 1. The van der Waals surface area contributed by atoms with E-state index in [0.29, 0.717) is 0 Å². The van der Waals surface area contributed by atoms with Crippen molar-refractivity contribution < 1.29 is 4.43 Å². The molecular weight excluding hydrogens is 248 g/mol. The van der Waals surface area contributed by atoms with Crippen LogP contribution < -0.4 is 4.43 Å². The summed E-state index contributed by atoms with van der Waals surface area (Å²) < 4.78 is 6.72. The van der Waals surface area contributed by atoms with Crippen LogP contribution in [0.3, 0.4) is 0 Å². The van der Waals surface area contributed by atoms with Crippen LogP contribution in [-0.2, 0) is 0 Å². The van der Waals surface area contributed by atoms with Gasteiger partial charge in [0.05, 0.1) is 0 Å². The molecule has 0 aromatic heterocycles. The largest absolute Gasteiger partial charge is 0.543 e. The average molecular weight is 279 g/mol. The van der Waals surface area contributed by atoms with E-state index in [4.69, 9.17) is 4.43 Å². The van der Waals surface area contributed by atoms with Crippen molar-refractivity contribution in [2.45, 2.75) is 72.0 Å². The number of rotatable bonds is 8. The maximum Gasteiger partial charge on any atom is 0.251 e. The molecule has 0 aliphatic carbocycles. The van der Waals surface area contributed by atoms with Gasteiger partial charge in [-0.15, -0.1) is 0 Å². The van der Waals surface area contributed by atoms with E-state index >= 15 is 0 Å². The predicted octanol–water partition coefficient (Wildman–Crippen LogP) is 5.86. The van der Waals surface area contributed by atoms with Gasteiger partial charge >= 0.3 is 0 Å². The fourth-order valence-electron chi connectivity index (χ4n) is 3.07. The lowest BCUT2D eigenvalue weighted by atomic mass is 10.1. The first-order valence-electron chi connectivity index (χ1n) is 7.83. The lowest BCUT2D eigenvalue weighted by molar-refractivity contribution is 0.511. The molecule has 0 heterocycles. The van der Waals surface area contributed by atoms with Crippen molar-refractivity contribution in [1.82, 2.24) is 0 Å². The molecule has 0 aliphatic rings. The Labute approximate surface area is 120 Å². The van der Waals surface area contributed by atoms with E-state index in [0.717, 1.165) is 0 Å². The second-order valence-electron chi connectivity index (χ2n) is 5.76. The number of para-hydroxylation sites is 1. The van der Waals surface area contributed by atoms with Crippen molar-refractivity contribution in [2.24, 2.45) is 0 Å². The molecule has 0 saturated carbocycles. The smallest absolute Gasteiger partial charge is 0.251 e. The van der Waals surface area contributed by atoms with Crippen LogP contribution in [0.25, 0.3) is 0 Å². The van der Waals surface area contributed by atoms with Gasteiger partial charge < -0.3 is 4.43 Å². The third kappa shape index (κ3) is 4.38. The zero-order valence-electron chi connectivity index (χ0n) is 13.4. The Kier molecular flexibility index (Phi) is 6.63. The Morgan fingerprint density at radius 3 is 1.63 bits per heavy atom. The first kappa shape index (κ1) is 16.3. The van der Waals surface area contributed by atoms with Gasteiger partial charge in [-0.2, -0.15) is 0 Å². The van der Waals surface area contributed by atoms with Crippen molar-refractivity contribution in [3.8, 4) is 5.75 Å². The Morgan fingerprint density at radius 2 is 1.26 bits per heavy atom. The van der Waals surface area contributed by atoms with Gasteiger partial charge in [-0.05, 0) is 43.1 Å². The summed E-state index contributed by atoms with van der Waals surface area (Å²) in [4.78, 5) is 0. The SMILES string of the molecule is CCC[Si](CCC)(CCC)Oc1c(C)cccc1C. The highest BCUT2D eigenvalue weighted by Crippen LogP contribution is 2.33. The van der Waals surface area contributed by atoms with Gasteiger partial charge in [0.2, 0.25) is 0 Å². The lowest BCUT2D eigenvalue weighted by Gasteiger charge is -2.33. The molecule has 0 atom stereocenters. The molecule has 2 heteroatoms. The average Bonchev–Trinajstić information content (AvgIpc) is 2.35. The summed E-state index contributed by atoms with van der Waals surface area (Å²) in [5.74, 6) is 1.17. The molecule has 1 aromatic carbocycles. The van der Waals surface area contributed by atoms with Crippen LogP contribution in [0.5, 0.6) is 5.75 Å². The summed E-state index contributed by atoms with van der Waals surface area (Å²) in [6.45, 7) is 11.2. The Bertz CT molecular complexity index is 350. The third-order valence-corrected chi connectivity index (χ3v) is 8.72. The van der Waals surface area contributed by atoms with Gasteiger partial charge in [0.15, 0.2) is 0 Å². The summed E-state index contributed by atoms with van der Waals surface area (Å²) in [6.07, 6.45) is 3.74. The fourth-order valence-corrected chi connectivity index (χ4v) is 7.62. The topological polar surface area (TPSA) is 9.23 Å². The van der Waals surface area contributed by atoms with Crippen LogP contribution in [0.15, 0.2) is 18.2 Å². The normalized spacial score (nSPS) is 11.6. The number of aryl methyl sites for hydroxylation is 2. The molecule has 0 bridgehead atoms. The number of hydrogen-bond donors (Lipinski definition) is 0. The minimum absolute atomic E-state index is 1.17. The summed E-state index contributed by atoms with van der Waals surface area (Å²) in [6, 6.07) is 10.4. The summed E-state index contributed by atoms with van der Waals surface area (Å²) >= 11 is 0. The molecule has 0 radical (unpaired) electrons. The van der Waals surface area contributed by atoms with E-state index in [1.54, 1.807) is 0 Å². The van der Waals surface area contributed by atoms with Crippen LogP contribution >= 0.6 is 0 Å². The monoisotopic (exact) mass is 278 g/mol. The van der Waals surface area contributed by atoms with E-state index in [-0.39, 0.29) is 0 Å². The second-order valence-corrected chi connectivity index (χ2v) is 9.83. The standard InChI is InChI=1S/C17H30OSi/c1-6-12-19(13-7-2,14-8-3)18-17-15(4)10-9-11-16(17)5/h9-11H,6-8,12-14H2,1-5H3. The Morgan fingerprint density at radius 1 is 0.842 bits per heavy atom. The van der Waals surface area contributed by atoms with Crippen LogP contribution in [0.1, 0.15) is 51.2 Å². The van der Waals surface area contributed by atoms with Gasteiger partial charge in [-0.25, -0.2) is 0 Å². The van der Waals surface area contributed by atoms with E-state index in [2.05, 4.69) is 52.8 Å². The zero-order valence-corrected chi connectivity index (χ0v) is 14.4. The molecule has 0 unspecified atom stereocenters. The summed E-state index contributed by atoms with van der Waals surface area (Å²) in [7, 11) is -1.60. The van der Waals surface area contributed by atoms with Crippen molar-refractivity contribution >= 4 is 8.32 Å². The molecule has 1 rings (SSSR count). The van der Waals surface area contributed by atoms with Crippen LogP contribution in [0.4, 0.5) is 0 Å². The van der Waals surface area contributed by atoms with Crippen molar-refractivity contribution in [2.75, 3.05) is 0 Å². The second kappa shape index (κ2) is 7.74. The van der Waals surface area contributed by atoms with E-state index < -0.39 is 8.32 Å². The molecule has 0 saturated heterocycles. The predicted molar refractivity (Wildman–Crippen MR) is 87.6 cm³/mol. The lowest BCUT2D eigenvalue weighted by Crippen LogP contribution is -2.41. The van der Waals surface area contributed by atoms with Gasteiger partial charge in [0.1, 0.15) is 5.75 Å². The molecule has 1 aromatic rings. The maximum atomic E-state index is 6.72. The molecule has 19 heavy (non-hydrogen) atoms. The Balaban J connectivity index is 3.04.